The lowest BCUT2D eigenvalue weighted by molar-refractivity contribution is -0.384. The third-order valence-corrected chi connectivity index (χ3v) is 2.97. The molecule has 0 saturated carbocycles. The van der Waals surface area contributed by atoms with E-state index in [1.165, 1.54) is 17.0 Å². The Bertz CT molecular complexity index is 568. The van der Waals surface area contributed by atoms with Gasteiger partial charge in [-0.15, -0.1) is 0 Å². The Morgan fingerprint density at radius 2 is 1.95 bits per heavy atom. The Labute approximate surface area is 122 Å². The molecule has 1 aromatic rings. The molecule has 0 heterocycles. The molecule has 1 amide bonds. The third kappa shape index (κ3) is 4.55. The molecule has 0 atom stereocenters. The number of carbonyl (C=O) groups is 2. The van der Waals surface area contributed by atoms with Gasteiger partial charge >= 0.3 is 5.97 Å². The van der Waals surface area contributed by atoms with Crippen molar-refractivity contribution < 1.29 is 19.6 Å². The van der Waals surface area contributed by atoms with Crippen LogP contribution in [0.4, 0.5) is 5.69 Å². The number of nitrogens with zero attached hydrogens (tertiary/aromatic N) is 2. The molecular weight excluding hydrogens is 276 g/mol. The standard InChI is InChI=1S/C14H18N2O5/c1-9(2)15(5-4-13(17)18)14(19)11-6-10(3)7-12(8-11)16(20)21/h6-9H,4-5H2,1-3H3,(H,17,18). The maximum absolute atomic E-state index is 12.4. The van der Waals surface area contributed by atoms with Gasteiger partial charge in [-0.05, 0) is 32.4 Å². The molecule has 7 heteroatoms. The number of non-ortho nitro benzene ring substituents is 1. The van der Waals surface area contributed by atoms with Crippen molar-refractivity contribution in [2.45, 2.75) is 33.2 Å². The lowest BCUT2D eigenvalue weighted by atomic mass is 10.1. The largest absolute Gasteiger partial charge is 0.481 e. The highest BCUT2D eigenvalue weighted by molar-refractivity contribution is 5.95. The summed E-state index contributed by atoms with van der Waals surface area (Å²) in [6.45, 7) is 5.27. The SMILES string of the molecule is Cc1cc(C(=O)N(CCC(=O)O)C(C)C)cc([N+](=O)[O-])c1. The number of amides is 1. The van der Waals surface area contributed by atoms with Crippen LogP contribution >= 0.6 is 0 Å². The zero-order valence-corrected chi connectivity index (χ0v) is 12.2. The van der Waals surface area contributed by atoms with Crippen LogP contribution in [0.25, 0.3) is 0 Å². The first kappa shape index (κ1) is 16.6. The molecule has 0 aromatic heterocycles. The van der Waals surface area contributed by atoms with Crippen LogP contribution in [0.1, 0.15) is 36.2 Å². The van der Waals surface area contributed by atoms with Crippen LogP contribution in [0.5, 0.6) is 0 Å². The molecule has 21 heavy (non-hydrogen) atoms. The Morgan fingerprint density at radius 1 is 1.33 bits per heavy atom. The van der Waals surface area contributed by atoms with Crippen LogP contribution in [0.15, 0.2) is 18.2 Å². The first-order chi connectivity index (χ1) is 9.72. The maximum atomic E-state index is 12.4. The minimum Gasteiger partial charge on any atom is -0.481 e. The molecule has 0 aliphatic heterocycles. The van der Waals surface area contributed by atoms with Crippen LogP contribution in [-0.2, 0) is 4.79 Å². The van der Waals surface area contributed by atoms with Crippen LogP contribution in [0, 0.1) is 17.0 Å². The topological polar surface area (TPSA) is 101 Å². The Morgan fingerprint density at radius 3 is 2.43 bits per heavy atom. The van der Waals surface area contributed by atoms with Gasteiger partial charge in [-0.3, -0.25) is 19.7 Å². The summed E-state index contributed by atoms with van der Waals surface area (Å²) in [4.78, 5) is 34.8. The van der Waals surface area contributed by atoms with Crippen molar-refractivity contribution in [2.24, 2.45) is 0 Å². The summed E-state index contributed by atoms with van der Waals surface area (Å²) in [5, 5.41) is 19.6. The van der Waals surface area contributed by atoms with Gasteiger partial charge in [0.2, 0.25) is 0 Å². The van der Waals surface area contributed by atoms with Gasteiger partial charge in [0.15, 0.2) is 0 Å². The number of nitro benzene ring substituents is 1. The molecule has 0 bridgehead atoms. The molecule has 0 saturated heterocycles. The molecule has 7 nitrogen and oxygen atoms in total. The third-order valence-electron chi connectivity index (χ3n) is 2.97. The van der Waals surface area contributed by atoms with Gasteiger partial charge in [-0.25, -0.2) is 0 Å². The van der Waals surface area contributed by atoms with Crippen molar-refractivity contribution in [3.63, 3.8) is 0 Å². The van der Waals surface area contributed by atoms with Crippen LogP contribution in [-0.4, -0.2) is 39.4 Å². The molecule has 0 unspecified atom stereocenters. The number of hydrogen-bond donors (Lipinski definition) is 1. The van der Waals surface area contributed by atoms with E-state index in [1.807, 2.05) is 0 Å². The zero-order chi connectivity index (χ0) is 16.2. The van der Waals surface area contributed by atoms with E-state index >= 15 is 0 Å². The van der Waals surface area contributed by atoms with E-state index in [2.05, 4.69) is 0 Å². The van der Waals surface area contributed by atoms with E-state index in [0.29, 0.717) is 5.56 Å². The summed E-state index contributed by atoms with van der Waals surface area (Å²) in [6.07, 6.45) is -0.169. The number of hydrogen-bond acceptors (Lipinski definition) is 4. The molecule has 114 valence electrons. The second-order valence-electron chi connectivity index (χ2n) is 5.05. The second-order valence-corrected chi connectivity index (χ2v) is 5.05. The average Bonchev–Trinajstić information content (AvgIpc) is 2.37. The lowest BCUT2D eigenvalue weighted by Gasteiger charge is -2.26. The molecule has 0 aliphatic rings. The normalized spacial score (nSPS) is 10.5. The highest BCUT2D eigenvalue weighted by Gasteiger charge is 2.21. The van der Waals surface area contributed by atoms with E-state index in [9.17, 15) is 19.7 Å². The highest BCUT2D eigenvalue weighted by Crippen LogP contribution is 2.19. The summed E-state index contributed by atoms with van der Waals surface area (Å²) >= 11 is 0. The van der Waals surface area contributed by atoms with Crippen molar-refractivity contribution in [1.29, 1.82) is 0 Å². The predicted octanol–water partition coefficient (Wildman–Crippen LogP) is 2.23. The number of nitro groups is 1. The van der Waals surface area contributed by atoms with E-state index in [0.717, 1.165) is 0 Å². The predicted molar refractivity (Wildman–Crippen MR) is 76.3 cm³/mol. The van der Waals surface area contributed by atoms with Crippen molar-refractivity contribution in [1.82, 2.24) is 4.90 Å². The van der Waals surface area contributed by atoms with Crippen molar-refractivity contribution >= 4 is 17.6 Å². The molecular formula is C14H18N2O5. The number of carboxylic acids is 1. The average molecular weight is 294 g/mol. The number of aryl methyl sites for hydroxylation is 1. The number of benzene rings is 1. The van der Waals surface area contributed by atoms with Gasteiger partial charge < -0.3 is 10.0 Å². The quantitative estimate of drug-likeness (QED) is 0.640. The molecule has 1 aromatic carbocycles. The number of aliphatic carboxylic acids is 1. The van der Waals surface area contributed by atoms with Gasteiger partial charge in [0, 0.05) is 30.3 Å². The zero-order valence-electron chi connectivity index (χ0n) is 12.2. The number of rotatable bonds is 6. The molecule has 1 rings (SSSR count). The minimum absolute atomic E-state index is 0.0631. The molecule has 0 aliphatic carbocycles. The lowest BCUT2D eigenvalue weighted by Crippen LogP contribution is -2.38. The fourth-order valence-electron chi connectivity index (χ4n) is 1.97. The summed E-state index contributed by atoms with van der Waals surface area (Å²) in [5.74, 6) is -1.40. The second kappa shape index (κ2) is 6.83. The van der Waals surface area contributed by atoms with Crippen molar-refractivity contribution in [2.75, 3.05) is 6.54 Å². The van der Waals surface area contributed by atoms with Gasteiger partial charge in [-0.2, -0.15) is 0 Å². The summed E-state index contributed by atoms with van der Waals surface area (Å²) in [5.41, 5.74) is 0.649. The molecule has 0 spiro atoms. The number of carbonyl (C=O) groups excluding carboxylic acids is 1. The molecule has 0 fully saturated rings. The van der Waals surface area contributed by atoms with Gasteiger partial charge in [-0.1, -0.05) is 0 Å². The summed E-state index contributed by atoms with van der Waals surface area (Å²) in [6, 6.07) is 3.96. The summed E-state index contributed by atoms with van der Waals surface area (Å²) < 4.78 is 0. The monoisotopic (exact) mass is 294 g/mol. The Kier molecular flexibility index (Phi) is 5.40. The molecule has 0 radical (unpaired) electrons. The van der Waals surface area contributed by atoms with Gasteiger partial charge in [0.25, 0.3) is 11.6 Å². The fraction of sp³-hybridized carbons (Fsp3) is 0.429. The van der Waals surface area contributed by atoms with Crippen LogP contribution < -0.4 is 0 Å². The van der Waals surface area contributed by atoms with E-state index in [4.69, 9.17) is 5.11 Å². The number of carboxylic acid groups (broad SMARTS) is 1. The highest BCUT2D eigenvalue weighted by atomic mass is 16.6. The maximum Gasteiger partial charge on any atom is 0.305 e. The first-order valence-corrected chi connectivity index (χ1v) is 6.51. The van der Waals surface area contributed by atoms with E-state index in [-0.39, 0.29) is 30.3 Å². The first-order valence-electron chi connectivity index (χ1n) is 6.51. The van der Waals surface area contributed by atoms with Crippen molar-refractivity contribution in [3.05, 3.63) is 39.4 Å². The van der Waals surface area contributed by atoms with Crippen LogP contribution in [0.2, 0.25) is 0 Å². The van der Waals surface area contributed by atoms with Crippen LogP contribution in [0.3, 0.4) is 0 Å². The van der Waals surface area contributed by atoms with E-state index in [1.54, 1.807) is 26.8 Å². The van der Waals surface area contributed by atoms with Gasteiger partial charge in [0.05, 0.1) is 11.3 Å². The minimum atomic E-state index is -0.997. The van der Waals surface area contributed by atoms with Gasteiger partial charge in [0.1, 0.15) is 0 Å². The molecule has 1 N–H and O–H groups in total. The summed E-state index contributed by atoms with van der Waals surface area (Å²) in [7, 11) is 0. The van der Waals surface area contributed by atoms with E-state index < -0.39 is 16.8 Å². The van der Waals surface area contributed by atoms with Crippen molar-refractivity contribution in [3.8, 4) is 0 Å². The fourth-order valence-corrected chi connectivity index (χ4v) is 1.97. The smallest absolute Gasteiger partial charge is 0.305 e. The Hall–Kier alpha value is -2.44. The Balaban J connectivity index is 3.08.